The van der Waals surface area contributed by atoms with Gasteiger partial charge in [-0.15, -0.1) is 0 Å². The topological polar surface area (TPSA) is 83.8 Å². The molecule has 1 unspecified atom stereocenters. The predicted molar refractivity (Wildman–Crippen MR) is 53.9 cm³/mol. The van der Waals surface area contributed by atoms with Crippen molar-refractivity contribution in [2.24, 2.45) is 0 Å². The van der Waals surface area contributed by atoms with Crippen molar-refractivity contribution in [1.82, 2.24) is 15.3 Å². The van der Waals surface area contributed by atoms with E-state index in [9.17, 15) is 4.79 Å². The summed E-state index contributed by atoms with van der Waals surface area (Å²) in [6.45, 7) is 2.70. The van der Waals surface area contributed by atoms with Gasteiger partial charge in [0, 0.05) is 19.0 Å². The molecule has 5 heteroatoms. The zero-order valence-electron chi connectivity index (χ0n) is 8.13. The predicted octanol–water partition coefficient (Wildman–Crippen LogP) is -0.224. The Balaban J connectivity index is 2.42. The second kappa shape index (κ2) is 3.42. The Morgan fingerprint density at radius 2 is 2.43 bits per heavy atom. The van der Waals surface area contributed by atoms with Crippen LogP contribution in [0.5, 0.6) is 0 Å². The van der Waals surface area contributed by atoms with E-state index >= 15 is 0 Å². The summed E-state index contributed by atoms with van der Waals surface area (Å²) in [6.07, 6.45) is 1.83. The molecule has 0 radical (unpaired) electrons. The number of hydrogen-bond donors (Lipinski definition) is 3. The lowest BCUT2D eigenvalue weighted by molar-refractivity contribution is 0.458. The lowest BCUT2D eigenvalue weighted by Gasteiger charge is -2.23. The summed E-state index contributed by atoms with van der Waals surface area (Å²) in [5.74, 6) is 0.213. The fourth-order valence-electron chi connectivity index (χ4n) is 1.76. The molecule has 5 nitrogen and oxygen atoms in total. The van der Waals surface area contributed by atoms with Gasteiger partial charge in [0.05, 0.1) is 11.3 Å². The molecule has 0 bridgehead atoms. The smallest absolute Gasteiger partial charge is 0.257 e. The Kier molecular flexibility index (Phi) is 2.25. The Hall–Kier alpha value is -1.36. The van der Waals surface area contributed by atoms with Crippen molar-refractivity contribution in [3.63, 3.8) is 0 Å². The van der Waals surface area contributed by atoms with Crippen LogP contribution in [0.3, 0.4) is 0 Å². The van der Waals surface area contributed by atoms with E-state index in [2.05, 4.69) is 22.2 Å². The zero-order valence-corrected chi connectivity index (χ0v) is 8.13. The van der Waals surface area contributed by atoms with Gasteiger partial charge in [0.15, 0.2) is 0 Å². The van der Waals surface area contributed by atoms with Gasteiger partial charge in [-0.1, -0.05) is 6.92 Å². The van der Waals surface area contributed by atoms with Gasteiger partial charge < -0.3 is 11.1 Å². The van der Waals surface area contributed by atoms with E-state index < -0.39 is 0 Å². The van der Waals surface area contributed by atoms with Crippen molar-refractivity contribution in [1.29, 1.82) is 0 Å². The van der Waals surface area contributed by atoms with Crippen molar-refractivity contribution in [3.05, 3.63) is 21.6 Å². The lowest BCUT2D eigenvalue weighted by atomic mass is 10.0. The van der Waals surface area contributed by atoms with Crippen LogP contribution in [0, 0.1) is 0 Å². The molecule has 0 saturated heterocycles. The van der Waals surface area contributed by atoms with Crippen molar-refractivity contribution in [3.8, 4) is 0 Å². The maximum atomic E-state index is 11.5. The maximum absolute atomic E-state index is 11.5. The maximum Gasteiger partial charge on any atom is 0.257 e. The molecule has 0 aliphatic carbocycles. The van der Waals surface area contributed by atoms with Gasteiger partial charge >= 0.3 is 0 Å². The number of nitrogen functional groups attached to an aromatic ring is 1. The summed E-state index contributed by atoms with van der Waals surface area (Å²) in [7, 11) is 0. The van der Waals surface area contributed by atoms with Crippen LogP contribution < -0.4 is 16.6 Å². The lowest BCUT2D eigenvalue weighted by Crippen LogP contribution is -2.39. The van der Waals surface area contributed by atoms with Crippen molar-refractivity contribution in [2.45, 2.75) is 32.4 Å². The van der Waals surface area contributed by atoms with Gasteiger partial charge in [-0.3, -0.25) is 9.78 Å². The molecule has 0 saturated carbocycles. The van der Waals surface area contributed by atoms with Gasteiger partial charge in [-0.05, 0) is 6.42 Å². The first-order valence-corrected chi connectivity index (χ1v) is 4.81. The number of nitrogens with two attached hydrogens (primary N) is 1. The monoisotopic (exact) mass is 194 g/mol. The fourth-order valence-corrected chi connectivity index (χ4v) is 1.76. The molecule has 2 heterocycles. The number of aromatic amines is 1. The number of fused-ring (bicyclic) bond motifs is 1. The highest BCUT2D eigenvalue weighted by molar-refractivity contribution is 5.27. The van der Waals surface area contributed by atoms with Gasteiger partial charge in [-0.2, -0.15) is 0 Å². The second-order valence-corrected chi connectivity index (χ2v) is 3.57. The summed E-state index contributed by atoms with van der Waals surface area (Å²) >= 11 is 0. The van der Waals surface area contributed by atoms with E-state index in [0.29, 0.717) is 12.6 Å². The summed E-state index contributed by atoms with van der Waals surface area (Å²) in [6, 6.07) is 0.413. The molecular formula is C9H14N4O. The highest BCUT2D eigenvalue weighted by atomic mass is 16.1. The first-order chi connectivity index (χ1) is 6.70. The van der Waals surface area contributed by atoms with Crippen LogP contribution in [-0.4, -0.2) is 16.0 Å². The molecule has 4 N–H and O–H groups in total. The Bertz CT molecular complexity index is 398. The Labute approximate surface area is 81.7 Å². The molecule has 0 amide bonds. The third-order valence-electron chi connectivity index (χ3n) is 2.62. The van der Waals surface area contributed by atoms with E-state index in [1.165, 1.54) is 0 Å². The van der Waals surface area contributed by atoms with Gasteiger partial charge in [0.2, 0.25) is 5.95 Å². The molecule has 1 atom stereocenters. The first kappa shape index (κ1) is 9.21. The summed E-state index contributed by atoms with van der Waals surface area (Å²) in [4.78, 5) is 18.1. The summed E-state index contributed by atoms with van der Waals surface area (Å²) in [5.41, 5.74) is 6.94. The number of nitrogens with one attached hydrogen (secondary N) is 2. The minimum Gasteiger partial charge on any atom is -0.369 e. The van der Waals surface area contributed by atoms with Crippen LogP contribution >= 0.6 is 0 Å². The minimum atomic E-state index is -0.116. The van der Waals surface area contributed by atoms with E-state index in [1.807, 2.05) is 0 Å². The number of rotatable bonds is 1. The van der Waals surface area contributed by atoms with Gasteiger partial charge in [0.25, 0.3) is 5.56 Å². The highest BCUT2D eigenvalue weighted by Crippen LogP contribution is 2.12. The molecule has 1 aliphatic heterocycles. The first-order valence-electron chi connectivity index (χ1n) is 4.81. The van der Waals surface area contributed by atoms with Crippen molar-refractivity contribution < 1.29 is 0 Å². The second-order valence-electron chi connectivity index (χ2n) is 3.57. The summed E-state index contributed by atoms with van der Waals surface area (Å²) in [5, 5.41) is 3.28. The molecule has 1 aliphatic rings. The van der Waals surface area contributed by atoms with E-state index in [4.69, 9.17) is 5.73 Å². The minimum absolute atomic E-state index is 0.116. The average molecular weight is 194 g/mol. The van der Waals surface area contributed by atoms with Crippen LogP contribution in [0.2, 0.25) is 0 Å². The Morgan fingerprint density at radius 1 is 1.64 bits per heavy atom. The normalized spacial score (nSPS) is 20.5. The number of H-pyrrole nitrogens is 1. The van der Waals surface area contributed by atoms with Crippen molar-refractivity contribution in [2.75, 3.05) is 5.73 Å². The van der Waals surface area contributed by atoms with Crippen LogP contribution in [0.25, 0.3) is 0 Å². The third-order valence-corrected chi connectivity index (χ3v) is 2.62. The molecule has 76 valence electrons. The number of anilines is 1. The van der Waals surface area contributed by atoms with Gasteiger partial charge in [-0.25, -0.2) is 4.98 Å². The molecule has 14 heavy (non-hydrogen) atoms. The number of aromatic nitrogens is 2. The average Bonchev–Trinajstić information content (AvgIpc) is 2.16. The van der Waals surface area contributed by atoms with Crippen LogP contribution in [-0.2, 0) is 13.0 Å². The van der Waals surface area contributed by atoms with Crippen LogP contribution in [0.1, 0.15) is 24.6 Å². The number of hydrogen-bond acceptors (Lipinski definition) is 4. The molecular weight excluding hydrogens is 180 g/mol. The third kappa shape index (κ3) is 1.50. The zero-order chi connectivity index (χ0) is 10.1. The van der Waals surface area contributed by atoms with E-state index in [1.54, 1.807) is 0 Å². The summed E-state index contributed by atoms with van der Waals surface area (Å²) < 4.78 is 0. The van der Waals surface area contributed by atoms with Crippen LogP contribution in [0.15, 0.2) is 4.79 Å². The standard InChI is InChI=1S/C9H14N4O/c1-2-5-3-7-6(4-11-5)8(14)13-9(10)12-7/h5,11H,2-4H2,1H3,(H3,10,12,13,14). The quantitative estimate of drug-likeness (QED) is 0.577. The molecule has 0 aromatic carbocycles. The van der Waals surface area contributed by atoms with Crippen LogP contribution in [0.4, 0.5) is 5.95 Å². The van der Waals surface area contributed by atoms with E-state index in [0.717, 1.165) is 24.1 Å². The molecule has 0 spiro atoms. The fraction of sp³-hybridized carbons (Fsp3) is 0.556. The number of nitrogens with zero attached hydrogens (tertiary/aromatic N) is 1. The largest absolute Gasteiger partial charge is 0.369 e. The SMILES string of the molecule is CCC1Cc2nc(N)[nH]c(=O)c2CN1. The molecule has 2 rings (SSSR count). The molecule has 0 fully saturated rings. The molecule has 1 aromatic rings. The Morgan fingerprint density at radius 3 is 3.14 bits per heavy atom. The molecule has 1 aromatic heterocycles. The highest BCUT2D eigenvalue weighted by Gasteiger charge is 2.20. The van der Waals surface area contributed by atoms with Gasteiger partial charge in [0.1, 0.15) is 0 Å². The van der Waals surface area contributed by atoms with Crippen molar-refractivity contribution >= 4 is 5.95 Å². The van der Waals surface area contributed by atoms with E-state index in [-0.39, 0.29) is 11.5 Å².